The van der Waals surface area contributed by atoms with Gasteiger partial charge in [0.15, 0.2) is 11.4 Å². The fraction of sp³-hybridized carbons (Fsp3) is 0.455. The van der Waals surface area contributed by atoms with E-state index in [0.29, 0.717) is 28.8 Å². The van der Waals surface area contributed by atoms with Crippen LogP contribution in [0.4, 0.5) is 4.39 Å². The highest BCUT2D eigenvalue weighted by atomic mass is 19.1. The molecule has 1 aromatic heterocycles. The number of phenolic OH excluding ortho intramolecular Hbond substituents is 1. The van der Waals surface area contributed by atoms with Gasteiger partial charge in [-0.15, -0.1) is 0 Å². The molecule has 0 spiro atoms. The first-order valence-electron chi connectivity index (χ1n) is 14.7. The number of Topliss-reactive ketones (excluding diaryl/α,β-unsaturated/α-hetero) is 2. The van der Waals surface area contributed by atoms with Crippen LogP contribution in [0.1, 0.15) is 49.8 Å². The van der Waals surface area contributed by atoms with E-state index >= 15 is 0 Å². The summed E-state index contributed by atoms with van der Waals surface area (Å²) in [7, 11) is 3.10. The van der Waals surface area contributed by atoms with Crippen molar-refractivity contribution in [1.29, 1.82) is 0 Å². The number of nitrogens with two attached hydrogens (primary N) is 1. The van der Waals surface area contributed by atoms with Crippen LogP contribution in [0.15, 0.2) is 41.3 Å². The molecule has 2 aromatic rings. The van der Waals surface area contributed by atoms with Crippen molar-refractivity contribution in [1.82, 2.24) is 14.8 Å². The minimum Gasteiger partial charge on any atom is -0.508 e. The zero-order chi connectivity index (χ0) is 31.7. The number of hydrogen-bond acceptors (Lipinski definition) is 10. The van der Waals surface area contributed by atoms with Gasteiger partial charge in [0.1, 0.15) is 22.8 Å². The summed E-state index contributed by atoms with van der Waals surface area (Å²) in [5.41, 5.74) is 3.77. The molecule has 240 valence electrons. The average molecular weight is 623 g/mol. The van der Waals surface area contributed by atoms with Crippen molar-refractivity contribution in [3.05, 3.63) is 63.9 Å². The zero-order valence-electron chi connectivity index (χ0n) is 24.5. The van der Waals surface area contributed by atoms with E-state index in [4.69, 9.17) is 5.73 Å². The van der Waals surface area contributed by atoms with E-state index < -0.39 is 64.0 Å². The summed E-state index contributed by atoms with van der Waals surface area (Å²) in [5.74, 6) is -7.65. The number of ketones is 2. The van der Waals surface area contributed by atoms with Crippen molar-refractivity contribution < 1.29 is 39.2 Å². The van der Waals surface area contributed by atoms with Crippen molar-refractivity contribution in [2.45, 2.75) is 57.7 Å². The maximum absolute atomic E-state index is 14.2. The molecule has 1 saturated heterocycles. The molecule has 6 rings (SSSR count). The third kappa shape index (κ3) is 4.91. The number of aliphatic hydroxyl groups is 3. The molecule has 2 fully saturated rings. The van der Waals surface area contributed by atoms with E-state index in [-0.39, 0.29) is 37.2 Å². The molecule has 1 saturated carbocycles. The number of primary amides is 1. The summed E-state index contributed by atoms with van der Waals surface area (Å²) in [4.78, 5) is 47.2. The summed E-state index contributed by atoms with van der Waals surface area (Å²) in [6.45, 7) is 2.02. The molecule has 45 heavy (non-hydrogen) atoms. The van der Waals surface area contributed by atoms with Crippen LogP contribution in [0.5, 0.6) is 5.75 Å². The molecule has 11 nitrogen and oxygen atoms in total. The Bertz CT molecular complexity index is 1640. The molecule has 2 heterocycles. The number of aromatic hydroxyl groups is 1. The van der Waals surface area contributed by atoms with Gasteiger partial charge in [-0.2, -0.15) is 4.39 Å². The number of carbonyl (C=O) groups excluding carboxylic acids is 3. The van der Waals surface area contributed by atoms with Gasteiger partial charge in [0, 0.05) is 35.4 Å². The maximum Gasteiger partial charge on any atom is 0.255 e. The maximum atomic E-state index is 14.2. The number of halogens is 1. The molecular weight excluding hydrogens is 583 g/mol. The van der Waals surface area contributed by atoms with Crippen LogP contribution in [-0.4, -0.2) is 91.5 Å². The van der Waals surface area contributed by atoms with Crippen molar-refractivity contribution in [3.63, 3.8) is 0 Å². The lowest BCUT2D eigenvalue weighted by Gasteiger charge is -2.50. The Morgan fingerprint density at radius 2 is 1.84 bits per heavy atom. The number of benzene rings is 1. The molecule has 12 heteroatoms. The van der Waals surface area contributed by atoms with Crippen molar-refractivity contribution in [3.8, 4) is 16.9 Å². The standard InChI is InChI=1S/C32H35FN4O7.CH4/c1-36(2)25-20-12-16-10-19-18(15-6-7-21(33)35-13-15)11-17(14-37-8-4-3-5-9-37)26(38)23(19)27(39)22(16)29(41)32(20,44)30(42)24(28(25)40)31(34)43;/h6-7,11,13,16,20,25,38-39,42,44H,3-5,8-10,12,14H2,1-2H3,(H2,34,43);1H4/t16-,20-,25-,32-;/m0./s1. The minimum atomic E-state index is -2.71. The highest BCUT2D eigenvalue weighted by molar-refractivity contribution is 6.24. The molecule has 0 radical (unpaired) electrons. The quantitative estimate of drug-likeness (QED) is 0.246. The van der Waals surface area contributed by atoms with Crippen LogP contribution < -0.4 is 5.73 Å². The van der Waals surface area contributed by atoms with E-state index in [1.54, 1.807) is 26.2 Å². The van der Waals surface area contributed by atoms with Gasteiger partial charge in [-0.25, -0.2) is 4.98 Å². The van der Waals surface area contributed by atoms with Crippen LogP contribution >= 0.6 is 0 Å². The second kappa shape index (κ2) is 11.7. The van der Waals surface area contributed by atoms with Gasteiger partial charge in [-0.1, -0.05) is 13.8 Å². The van der Waals surface area contributed by atoms with Crippen LogP contribution in [-0.2, 0) is 27.3 Å². The summed E-state index contributed by atoms with van der Waals surface area (Å²) in [5, 5.41) is 46.3. The van der Waals surface area contributed by atoms with E-state index in [9.17, 15) is 39.2 Å². The second-order valence-electron chi connectivity index (χ2n) is 12.5. The van der Waals surface area contributed by atoms with Crippen LogP contribution in [0, 0.1) is 17.8 Å². The van der Waals surface area contributed by atoms with Crippen molar-refractivity contribution in [2.75, 3.05) is 27.2 Å². The van der Waals surface area contributed by atoms with Crippen molar-refractivity contribution >= 4 is 23.2 Å². The first-order chi connectivity index (χ1) is 20.9. The number of hydrogen-bond donors (Lipinski definition) is 5. The normalized spacial score (nSPS) is 26.7. The lowest BCUT2D eigenvalue weighted by atomic mass is 9.57. The third-order valence-electron chi connectivity index (χ3n) is 9.68. The Labute approximate surface area is 260 Å². The molecule has 4 aliphatic rings. The Morgan fingerprint density at radius 1 is 1.16 bits per heavy atom. The smallest absolute Gasteiger partial charge is 0.255 e. The Balaban J connectivity index is 0.00000400. The number of phenols is 1. The average Bonchev–Trinajstić information content (AvgIpc) is 2.97. The van der Waals surface area contributed by atoms with Gasteiger partial charge in [0.25, 0.3) is 5.91 Å². The first kappa shape index (κ1) is 32.3. The van der Waals surface area contributed by atoms with E-state index in [2.05, 4.69) is 9.88 Å². The number of likely N-dealkylation sites (N-methyl/N-ethyl adjacent to an activating group) is 1. The Hall–Kier alpha value is -4.13. The lowest BCUT2D eigenvalue weighted by molar-refractivity contribution is -0.153. The summed E-state index contributed by atoms with van der Waals surface area (Å²) in [6, 6.07) is 3.40. The van der Waals surface area contributed by atoms with Gasteiger partial charge < -0.3 is 26.2 Å². The molecule has 1 aliphatic heterocycles. The fourth-order valence-corrected chi connectivity index (χ4v) is 7.64. The lowest BCUT2D eigenvalue weighted by Crippen LogP contribution is -2.65. The predicted octanol–water partition coefficient (Wildman–Crippen LogP) is 2.79. The molecule has 3 aliphatic carbocycles. The topological polar surface area (TPSA) is 178 Å². The number of pyridine rings is 1. The van der Waals surface area contributed by atoms with E-state index in [0.717, 1.165) is 32.4 Å². The first-order valence-corrected chi connectivity index (χ1v) is 14.7. The van der Waals surface area contributed by atoms with Crippen molar-refractivity contribution in [2.24, 2.45) is 17.6 Å². The van der Waals surface area contributed by atoms with Gasteiger partial charge in [-0.3, -0.25) is 24.2 Å². The number of aromatic nitrogens is 1. The predicted molar refractivity (Wildman–Crippen MR) is 163 cm³/mol. The summed E-state index contributed by atoms with van der Waals surface area (Å²) >= 11 is 0. The Morgan fingerprint density at radius 3 is 2.44 bits per heavy atom. The highest BCUT2D eigenvalue weighted by Crippen LogP contribution is 2.54. The third-order valence-corrected chi connectivity index (χ3v) is 9.68. The molecule has 0 unspecified atom stereocenters. The highest BCUT2D eigenvalue weighted by Gasteiger charge is 2.64. The SMILES string of the molecule is C.CN(C)[C@@H]1C(=O)C(C(N)=O)=C(O)[C@@]2(O)C(=O)C3=C(O)c4c(O)c(CN5CCCCC5)cc(-c5ccc(F)nc5)c4C[C@H]3C[C@@H]12. The molecule has 1 amide bonds. The van der Waals surface area contributed by atoms with Gasteiger partial charge in [0.05, 0.1) is 11.6 Å². The number of rotatable bonds is 5. The van der Waals surface area contributed by atoms with Gasteiger partial charge in [-0.05, 0) is 88.1 Å². The number of aliphatic hydroxyl groups excluding tert-OH is 2. The fourth-order valence-electron chi connectivity index (χ4n) is 7.64. The number of nitrogens with zero attached hydrogens (tertiary/aromatic N) is 3. The second-order valence-corrected chi connectivity index (χ2v) is 12.5. The Kier molecular flexibility index (Phi) is 8.36. The zero-order valence-corrected chi connectivity index (χ0v) is 24.5. The largest absolute Gasteiger partial charge is 0.508 e. The van der Waals surface area contributed by atoms with Crippen LogP contribution in [0.2, 0.25) is 0 Å². The number of fused-ring (bicyclic) bond motifs is 3. The van der Waals surface area contributed by atoms with Gasteiger partial charge in [0.2, 0.25) is 11.7 Å². The molecule has 4 atom stereocenters. The van der Waals surface area contributed by atoms with Crippen LogP contribution in [0.3, 0.4) is 0 Å². The van der Waals surface area contributed by atoms with Gasteiger partial charge >= 0.3 is 0 Å². The summed E-state index contributed by atoms with van der Waals surface area (Å²) in [6.07, 6.45) is 4.59. The van der Waals surface area contributed by atoms with Crippen LogP contribution in [0.25, 0.3) is 16.9 Å². The van der Waals surface area contributed by atoms with E-state index in [1.165, 1.54) is 17.2 Å². The monoisotopic (exact) mass is 622 g/mol. The summed E-state index contributed by atoms with van der Waals surface area (Å²) < 4.78 is 13.8. The number of piperidine rings is 1. The minimum absolute atomic E-state index is 0. The number of carbonyl (C=O) groups is 3. The number of amides is 1. The molecular formula is C33H39FN4O7. The molecule has 1 aromatic carbocycles. The van der Waals surface area contributed by atoms with E-state index in [1.807, 2.05) is 0 Å². The molecule has 6 N–H and O–H groups in total. The number of likely N-dealkylation sites (tertiary alicyclic amines) is 1. The molecule has 0 bridgehead atoms.